The number of carbonyl (C=O) groups excluding carboxylic acids is 4. The van der Waals surface area contributed by atoms with Crippen molar-refractivity contribution in [3.63, 3.8) is 0 Å². The maximum absolute atomic E-state index is 11.3. The first-order chi connectivity index (χ1) is 41.7. The van der Waals surface area contributed by atoms with Crippen molar-refractivity contribution in [2.24, 2.45) is 0 Å². The van der Waals surface area contributed by atoms with Gasteiger partial charge < -0.3 is 40.2 Å². The Bertz CT molecular complexity index is 3850. The van der Waals surface area contributed by atoms with E-state index in [2.05, 4.69) is 0 Å². The van der Waals surface area contributed by atoms with E-state index in [0.717, 1.165) is 39.4 Å². The van der Waals surface area contributed by atoms with Crippen molar-refractivity contribution in [3.8, 4) is 23.0 Å². The van der Waals surface area contributed by atoms with Crippen molar-refractivity contribution in [2.45, 2.75) is 53.3 Å². The summed E-state index contributed by atoms with van der Waals surface area (Å²) >= 11 is 0. The third kappa shape index (κ3) is 17.1. The standard InChI is InChI=1S/4C15H17NO2/c4*1-11(17)16-9-8-13-5-3-4-12-6-7-14(18-2)10-15(12)13/h4*3-7,10H,8-9H2,1-2H3,(H,16,17)/i2D3,9D2;2D3,8D2;9D2;8D2/hD4. The van der Waals surface area contributed by atoms with E-state index in [1.54, 1.807) is 87.0 Å². The summed E-state index contributed by atoms with van der Waals surface area (Å²) in [5.41, 5.74) is 1.98. The molecule has 0 aliphatic heterocycles. The molecule has 8 aromatic carbocycles. The van der Waals surface area contributed by atoms with Gasteiger partial charge in [0.1, 0.15) is 23.0 Å². The Balaban J connectivity index is 0.000000219. The molecule has 4 amide bonds. The number of benzene rings is 8. The molecule has 0 saturated carbocycles. The van der Waals surface area contributed by atoms with Gasteiger partial charge in [0.05, 0.1) is 36.5 Å². The van der Waals surface area contributed by atoms with Gasteiger partial charge in [-0.3, -0.25) is 19.2 Å². The molecule has 0 radical (unpaired) electrons. The minimum atomic E-state index is -2.60. The summed E-state index contributed by atoms with van der Waals surface area (Å²) in [7, 11) is -2.05. The molecule has 12 nitrogen and oxygen atoms in total. The average molecular weight is 991 g/mol. The van der Waals surface area contributed by atoms with Gasteiger partial charge in [0.2, 0.25) is 23.6 Å². The number of hydrogen-bond donors (Lipinski definition) is 4. The van der Waals surface area contributed by atoms with Crippen LogP contribution < -0.4 is 40.2 Å². The molecule has 0 aliphatic carbocycles. The van der Waals surface area contributed by atoms with Crippen molar-refractivity contribution < 1.29 is 63.0 Å². The van der Waals surface area contributed by atoms with Crippen molar-refractivity contribution in [1.82, 2.24) is 21.2 Å². The van der Waals surface area contributed by atoms with E-state index in [1.165, 1.54) is 45.0 Å². The lowest BCUT2D eigenvalue weighted by Crippen LogP contribution is -2.22. The number of amides is 4. The molecular formula is C60H68N4O8. The van der Waals surface area contributed by atoms with Crippen LogP contribution in [0.3, 0.4) is 0 Å². The molecule has 0 bridgehead atoms. The van der Waals surface area contributed by atoms with Crippen LogP contribution in [-0.2, 0) is 44.8 Å². The zero-order valence-corrected chi connectivity index (χ0v) is 40.7. The minimum absolute atomic E-state index is 0.0550. The molecule has 8 aromatic rings. The fourth-order valence-corrected chi connectivity index (χ4v) is 7.08. The van der Waals surface area contributed by atoms with E-state index < -0.39 is 70.0 Å². The number of ether oxygens (including phenoxy) is 4. The minimum Gasteiger partial charge on any atom is -0.497 e. The van der Waals surface area contributed by atoms with Gasteiger partial charge in [0.25, 0.3) is 0 Å². The van der Waals surface area contributed by atoms with Gasteiger partial charge >= 0.3 is 0 Å². The molecule has 0 atom stereocenters. The van der Waals surface area contributed by atoms with E-state index in [0.29, 0.717) is 60.0 Å². The SMILES string of the molecule is [2H]N(C(C)=O)C([2H])([2H])Cc1cccc2ccc(OC([2H])([2H])[2H])cc12.[2H]N(C(C)=O)C([2H])([2H])Cc1cccc2ccc(OC)cc12.[2H]N(CC([2H])([2H])c1cccc2ccc(OC([2H])([2H])[2H])cc12)C(C)=O.[2H]N(CC([2H])([2H])c1cccc2ccc(OC)cc12)C(C)=O. The molecule has 0 fully saturated rings. The number of nitrogens with one attached hydrogen (secondary N) is 4. The Kier molecular flexibility index (Phi) is 13.6. The Morgan fingerprint density at radius 2 is 0.708 bits per heavy atom. The Labute approximate surface area is 448 Å². The van der Waals surface area contributed by atoms with Gasteiger partial charge in [-0.25, -0.2) is 0 Å². The predicted molar refractivity (Wildman–Crippen MR) is 292 cm³/mol. The number of methoxy groups -OCH3 is 4. The Hall–Kier alpha value is -8.12. The van der Waals surface area contributed by atoms with E-state index in [-0.39, 0.29) is 36.4 Å². The highest BCUT2D eigenvalue weighted by Crippen LogP contribution is 2.28. The number of carbonyl (C=O) groups is 4. The van der Waals surface area contributed by atoms with E-state index in [9.17, 15) is 19.2 Å². The topological polar surface area (TPSA) is 153 Å². The lowest BCUT2D eigenvalue weighted by Gasteiger charge is -2.08. The number of rotatable bonds is 16. The molecule has 0 spiro atoms. The van der Waals surface area contributed by atoms with E-state index in [1.807, 2.05) is 48.5 Å². The molecule has 12 heteroatoms. The maximum Gasteiger partial charge on any atom is 0.216 e. The van der Waals surface area contributed by atoms with Crippen LogP contribution in [0, 0.1) is 0 Å². The van der Waals surface area contributed by atoms with E-state index >= 15 is 0 Å². The molecule has 8 rings (SSSR count). The first-order valence-corrected chi connectivity index (χ1v) is 22.4. The fraction of sp³-hybridized carbons (Fsp3) is 0.267. The zero-order chi connectivity index (χ0) is 67.5. The summed E-state index contributed by atoms with van der Waals surface area (Å²) in [6, 6.07) is 41.4. The van der Waals surface area contributed by atoms with Crippen molar-refractivity contribution in [3.05, 3.63) is 168 Å². The van der Waals surface area contributed by atoms with Gasteiger partial charge in [-0.05, 0) is 139 Å². The molecule has 4 N–H and O–H groups in total. The predicted octanol–water partition coefficient (Wildman–Crippen LogP) is 10.1. The van der Waals surface area contributed by atoms with Crippen molar-refractivity contribution in [1.29, 1.82) is 0 Å². The summed E-state index contributed by atoms with van der Waals surface area (Å²) in [5, 5.41) is 7.87. The van der Waals surface area contributed by atoms with Gasteiger partial charge in [-0.1, -0.05) is 97.1 Å². The van der Waals surface area contributed by atoms with Crippen LogP contribution >= 0.6 is 0 Å². The lowest BCUT2D eigenvalue weighted by molar-refractivity contribution is -0.119. The molecule has 0 heterocycles. The van der Waals surface area contributed by atoms with Crippen LogP contribution in [0.5, 0.6) is 23.0 Å². The summed E-state index contributed by atoms with van der Waals surface area (Å²) in [5.74, 6) is -0.818. The highest BCUT2D eigenvalue weighted by molar-refractivity contribution is 5.90. The third-order valence-electron chi connectivity index (χ3n) is 10.5. The summed E-state index contributed by atoms with van der Waals surface area (Å²) in [6.45, 7) is -0.286. The zero-order valence-electron chi connectivity index (χ0n) is 58.7. The summed E-state index contributed by atoms with van der Waals surface area (Å²) < 4.78 is 158. The highest BCUT2D eigenvalue weighted by Gasteiger charge is 2.07. The first kappa shape index (κ1) is 34.2. The Morgan fingerprint density at radius 1 is 0.417 bits per heavy atom. The molecule has 72 heavy (non-hydrogen) atoms. The van der Waals surface area contributed by atoms with Crippen LogP contribution in [0.4, 0.5) is 0 Å². The number of fused-ring (bicyclic) bond motifs is 4. The number of hydrogen-bond acceptors (Lipinski definition) is 8. The maximum atomic E-state index is 11.3. The molecule has 0 aromatic heterocycles. The quantitative estimate of drug-likeness (QED) is 0.0747. The third-order valence-corrected chi connectivity index (χ3v) is 10.5. The molecule has 0 aliphatic rings. The Morgan fingerprint density at radius 3 is 1.00 bits per heavy atom. The first-order valence-electron chi connectivity index (χ1n) is 31.2. The number of aryl methyl sites for hydroxylation is 2. The fourth-order valence-electron chi connectivity index (χ4n) is 7.08. The molecule has 0 saturated heterocycles. The second kappa shape index (κ2) is 28.5. The van der Waals surface area contributed by atoms with Crippen LogP contribution in [0.1, 0.15) is 69.1 Å². The van der Waals surface area contributed by atoms with E-state index in [4.69, 9.17) is 43.8 Å². The van der Waals surface area contributed by atoms with Crippen LogP contribution in [0.2, 0.25) is 5.65 Å². The normalized spacial score (nSPS) is 15.1. The van der Waals surface area contributed by atoms with Crippen LogP contribution in [0.15, 0.2) is 146 Å². The second-order valence-corrected chi connectivity index (χ2v) is 15.5. The van der Waals surface area contributed by atoms with Gasteiger partial charge in [-0.15, -0.1) is 0 Å². The largest absolute Gasteiger partial charge is 0.497 e. The summed E-state index contributed by atoms with van der Waals surface area (Å²) in [6.07, 6.45) is -4.06. The van der Waals surface area contributed by atoms with Crippen molar-refractivity contribution in [2.75, 3.05) is 54.4 Å². The second-order valence-electron chi connectivity index (χ2n) is 15.5. The average Bonchev–Trinajstić information content (AvgIpc) is 0.832. The molecule has 0 unspecified atom stereocenters. The smallest absolute Gasteiger partial charge is 0.216 e. The van der Waals surface area contributed by atoms with Gasteiger partial charge in [-0.2, -0.15) is 0 Å². The molecular weight excluding hydrogens is 905 g/mol. The van der Waals surface area contributed by atoms with Crippen LogP contribution in [0.25, 0.3) is 43.1 Å². The lowest BCUT2D eigenvalue weighted by atomic mass is 10.0. The van der Waals surface area contributed by atoms with Crippen molar-refractivity contribution >= 4 is 66.7 Å². The highest BCUT2D eigenvalue weighted by atomic mass is 16.5. The molecule has 376 valence electrons. The van der Waals surface area contributed by atoms with Crippen LogP contribution in [-0.4, -0.2) is 78.0 Å². The van der Waals surface area contributed by atoms with Gasteiger partial charge in [0, 0.05) is 64.7 Å². The van der Waals surface area contributed by atoms with Gasteiger partial charge in [0.15, 0.2) is 5.65 Å². The monoisotopic (exact) mass is 991 g/mol. The summed E-state index contributed by atoms with van der Waals surface area (Å²) in [4.78, 5) is 44.9.